The van der Waals surface area contributed by atoms with E-state index in [4.69, 9.17) is 0 Å². The second-order valence-corrected chi connectivity index (χ2v) is 5.27. The largest absolute Gasteiger partial charge is 0.481 e. The zero-order valence-electron chi connectivity index (χ0n) is 12.0. The number of hydrogen-bond acceptors (Lipinski definition) is 1. The molecule has 1 N–H and O–H groups in total. The number of benzene rings is 2. The molecular formula is C18H20O2. The summed E-state index contributed by atoms with van der Waals surface area (Å²) in [6, 6.07) is 17.6. The van der Waals surface area contributed by atoms with E-state index in [0.717, 1.165) is 16.7 Å². The number of carbonyl (C=O) groups is 1. The van der Waals surface area contributed by atoms with Gasteiger partial charge in [0.05, 0.1) is 5.41 Å². The molecule has 0 saturated heterocycles. The number of hydrogen-bond donors (Lipinski definition) is 1. The van der Waals surface area contributed by atoms with Gasteiger partial charge < -0.3 is 5.11 Å². The summed E-state index contributed by atoms with van der Waals surface area (Å²) in [5.41, 5.74) is 2.25. The number of carboxylic acids is 1. The molecule has 0 aliphatic heterocycles. The van der Waals surface area contributed by atoms with Gasteiger partial charge in [-0.25, -0.2) is 0 Å². The van der Waals surface area contributed by atoms with Crippen molar-refractivity contribution >= 4 is 5.97 Å². The fraction of sp³-hybridized carbons (Fsp3) is 0.278. The second-order valence-electron chi connectivity index (χ2n) is 5.27. The summed E-state index contributed by atoms with van der Waals surface area (Å²) < 4.78 is 0. The highest BCUT2D eigenvalue weighted by Gasteiger charge is 2.38. The topological polar surface area (TPSA) is 37.3 Å². The van der Waals surface area contributed by atoms with Crippen molar-refractivity contribution < 1.29 is 9.90 Å². The summed E-state index contributed by atoms with van der Waals surface area (Å²) in [4.78, 5) is 11.9. The average Bonchev–Trinajstić information content (AvgIpc) is 2.45. The predicted octanol–water partition coefficient (Wildman–Crippen LogP) is 3.97. The Hall–Kier alpha value is -2.09. The Kier molecular flexibility index (Phi) is 4.23. The molecule has 1 unspecified atom stereocenters. The van der Waals surface area contributed by atoms with Crippen molar-refractivity contribution in [2.75, 3.05) is 0 Å². The molecule has 20 heavy (non-hydrogen) atoms. The Morgan fingerprint density at radius 2 is 1.80 bits per heavy atom. The average molecular weight is 268 g/mol. The zero-order valence-corrected chi connectivity index (χ0v) is 12.0. The second kappa shape index (κ2) is 5.91. The molecule has 0 aromatic heterocycles. The third-order valence-corrected chi connectivity index (χ3v) is 3.93. The van der Waals surface area contributed by atoms with Crippen LogP contribution in [0.15, 0.2) is 54.6 Å². The first-order chi connectivity index (χ1) is 9.58. The van der Waals surface area contributed by atoms with Gasteiger partial charge in [0.25, 0.3) is 0 Å². The van der Waals surface area contributed by atoms with Gasteiger partial charge in [0.2, 0.25) is 0 Å². The van der Waals surface area contributed by atoms with Crippen LogP contribution in [0.5, 0.6) is 0 Å². The first kappa shape index (κ1) is 14.3. The molecule has 0 radical (unpaired) electrons. The first-order valence-corrected chi connectivity index (χ1v) is 6.93. The summed E-state index contributed by atoms with van der Waals surface area (Å²) >= 11 is 0. The molecule has 2 nitrogen and oxygen atoms in total. The van der Waals surface area contributed by atoms with Crippen molar-refractivity contribution in [3.63, 3.8) is 0 Å². The third-order valence-electron chi connectivity index (χ3n) is 3.93. The van der Waals surface area contributed by atoms with Gasteiger partial charge in [0, 0.05) is 0 Å². The van der Waals surface area contributed by atoms with E-state index >= 15 is 0 Å². The maximum absolute atomic E-state index is 11.9. The molecule has 2 rings (SSSR count). The van der Waals surface area contributed by atoms with Crippen molar-refractivity contribution in [2.45, 2.75) is 32.1 Å². The van der Waals surface area contributed by atoms with Crippen LogP contribution in [0, 0.1) is 6.92 Å². The molecule has 2 aromatic rings. The number of aryl methyl sites for hydroxylation is 1. The van der Waals surface area contributed by atoms with E-state index in [0.29, 0.717) is 12.8 Å². The van der Waals surface area contributed by atoms with E-state index in [1.54, 1.807) is 0 Å². The monoisotopic (exact) mass is 268 g/mol. The van der Waals surface area contributed by atoms with Crippen LogP contribution < -0.4 is 0 Å². The lowest BCUT2D eigenvalue weighted by molar-refractivity contribution is -0.144. The Morgan fingerprint density at radius 3 is 2.35 bits per heavy atom. The molecule has 1 atom stereocenters. The lowest BCUT2D eigenvalue weighted by Crippen LogP contribution is -2.37. The van der Waals surface area contributed by atoms with Gasteiger partial charge in [-0.15, -0.1) is 0 Å². The summed E-state index contributed by atoms with van der Waals surface area (Å²) in [6.07, 6.45) is 1.09. The van der Waals surface area contributed by atoms with E-state index in [2.05, 4.69) is 6.07 Å². The van der Waals surface area contributed by atoms with E-state index in [9.17, 15) is 9.90 Å². The number of aliphatic carboxylic acids is 1. The molecule has 0 aliphatic rings. The first-order valence-electron chi connectivity index (χ1n) is 6.93. The quantitative estimate of drug-likeness (QED) is 0.891. The lowest BCUT2D eigenvalue weighted by atomic mass is 9.73. The van der Waals surface area contributed by atoms with E-state index in [1.165, 1.54) is 0 Å². The minimum Gasteiger partial charge on any atom is -0.481 e. The third kappa shape index (κ3) is 2.74. The van der Waals surface area contributed by atoms with Gasteiger partial charge in [0.1, 0.15) is 0 Å². The van der Waals surface area contributed by atoms with Crippen molar-refractivity contribution in [2.24, 2.45) is 0 Å². The number of rotatable bonds is 5. The van der Waals surface area contributed by atoms with Crippen LogP contribution in [-0.2, 0) is 16.6 Å². The van der Waals surface area contributed by atoms with Crippen LogP contribution in [0.25, 0.3) is 0 Å². The summed E-state index contributed by atoms with van der Waals surface area (Å²) in [7, 11) is 0. The molecule has 104 valence electrons. The van der Waals surface area contributed by atoms with Gasteiger partial charge in [-0.05, 0) is 30.9 Å². The van der Waals surface area contributed by atoms with Crippen LogP contribution in [0.1, 0.15) is 30.0 Å². The van der Waals surface area contributed by atoms with Crippen LogP contribution >= 0.6 is 0 Å². The van der Waals surface area contributed by atoms with Crippen molar-refractivity contribution in [1.29, 1.82) is 0 Å². The Bertz CT molecular complexity index is 589. The fourth-order valence-electron chi connectivity index (χ4n) is 2.71. The van der Waals surface area contributed by atoms with Crippen LogP contribution in [0.2, 0.25) is 0 Å². The van der Waals surface area contributed by atoms with Crippen molar-refractivity contribution in [3.8, 4) is 0 Å². The molecule has 0 amide bonds. The summed E-state index contributed by atoms with van der Waals surface area (Å²) in [6.45, 7) is 3.97. The van der Waals surface area contributed by atoms with Gasteiger partial charge in [-0.1, -0.05) is 67.1 Å². The maximum Gasteiger partial charge on any atom is 0.314 e. The standard InChI is InChI=1S/C18H20O2/c1-3-18(17(19)20,16-10-5-4-6-11-16)13-15-9-7-8-14(2)12-15/h4-12H,3,13H2,1-2H3,(H,19,20). The molecule has 2 heteroatoms. The predicted molar refractivity (Wildman–Crippen MR) is 80.9 cm³/mol. The van der Waals surface area contributed by atoms with Gasteiger partial charge in [-0.2, -0.15) is 0 Å². The molecule has 0 aliphatic carbocycles. The van der Waals surface area contributed by atoms with E-state index in [-0.39, 0.29) is 0 Å². The normalized spacial score (nSPS) is 13.7. The molecule has 0 bridgehead atoms. The molecule has 0 fully saturated rings. The minimum atomic E-state index is -0.852. The van der Waals surface area contributed by atoms with E-state index in [1.807, 2.05) is 62.4 Å². The minimum absolute atomic E-state index is 0.518. The molecule has 0 heterocycles. The van der Waals surface area contributed by atoms with Gasteiger partial charge in [-0.3, -0.25) is 4.79 Å². The van der Waals surface area contributed by atoms with E-state index < -0.39 is 11.4 Å². The highest BCUT2D eigenvalue weighted by molar-refractivity contribution is 5.81. The molecule has 0 spiro atoms. The highest BCUT2D eigenvalue weighted by atomic mass is 16.4. The Balaban J connectivity index is 2.45. The van der Waals surface area contributed by atoms with Crippen molar-refractivity contribution in [1.82, 2.24) is 0 Å². The van der Waals surface area contributed by atoms with Gasteiger partial charge in [0.15, 0.2) is 0 Å². The highest BCUT2D eigenvalue weighted by Crippen LogP contribution is 2.32. The Morgan fingerprint density at radius 1 is 1.10 bits per heavy atom. The lowest BCUT2D eigenvalue weighted by Gasteiger charge is -2.29. The molecule has 2 aromatic carbocycles. The smallest absolute Gasteiger partial charge is 0.314 e. The summed E-state index contributed by atoms with van der Waals surface area (Å²) in [5.74, 6) is -0.757. The molecule has 0 saturated carbocycles. The SMILES string of the molecule is CCC(Cc1cccc(C)c1)(C(=O)O)c1ccccc1. The van der Waals surface area contributed by atoms with Crippen molar-refractivity contribution in [3.05, 3.63) is 71.3 Å². The van der Waals surface area contributed by atoms with Gasteiger partial charge >= 0.3 is 5.97 Å². The van der Waals surface area contributed by atoms with Crippen LogP contribution in [-0.4, -0.2) is 11.1 Å². The maximum atomic E-state index is 11.9. The molecular weight excluding hydrogens is 248 g/mol. The number of carboxylic acid groups (broad SMARTS) is 1. The zero-order chi connectivity index (χ0) is 14.6. The Labute approximate surface area is 120 Å². The van der Waals surface area contributed by atoms with Crippen LogP contribution in [0.4, 0.5) is 0 Å². The fourth-order valence-corrected chi connectivity index (χ4v) is 2.71. The summed E-state index contributed by atoms with van der Waals surface area (Å²) in [5, 5.41) is 9.81. The van der Waals surface area contributed by atoms with Crippen LogP contribution in [0.3, 0.4) is 0 Å².